The molecule has 0 aromatic carbocycles. The zero-order valence-electron chi connectivity index (χ0n) is 12.9. The number of hydrogen-bond acceptors (Lipinski definition) is 4. The zero-order chi connectivity index (χ0) is 14.5. The number of nitrogens with zero attached hydrogens (tertiary/aromatic N) is 2. The van der Waals surface area contributed by atoms with Gasteiger partial charge >= 0.3 is 0 Å². The monoisotopic (exact) mass is 281 g/mol. The Kier molecular flexibility index (Phi) is 5.57. The Labute approximate surface area is 121 Å². The molecule has 2 N–H and O–H groups in total. The molecule has 5 heteroatoms. The van der Waals surface area contributed by atoms with Gasteiger partial charge in [0.05, 0.1) is 18.8 Å². The first-order valence-electron chi connectivity index (χ1n) is 7.58. The number of ether oxygens (including phenoxy) is 1. The van der Waals surface area contributed by atoms with Crippen molar-refractivity contribution < 1.29 is 9.84 Å². The van der Waals surface area contributed by atoms with Crippen LogP contribution in [0.5, 0.6) is 0 Å². The fourth-order valence-corrected chi connectivity index (χ4v) is 2.95. The standard InChI is InChI=1S/C15H27N3O2/c1-11(14-4-8-20-9-5-14)16-10-15-12(2)17-18(6-7-19)13(15)3/h11,14,16,19H,4-10H2,1-3H3. The largest absolute Gasteiger partial charge is 0.394 e. The highest BCUT2D eigenvalue weighted by atomic mass is 16.5. The van der Waals surface area contributed by atoms with Gasteiger partial charge in [-0.2, -0.15) is 5.10 Å². The lowest BCUT2D eigenvalue weighted by molar-refractivity contribution is 0.0557. The number of nitrogens with one attached hydrogen (secondary N) is 1. The number of aliphatic hydroxyl groups excluding tert-OH is 1. The second-order valence-corrected chi connectivity index (χ2v) is 5.72. The van der Waals surface area contributed by atoms with Crippen LogP contribution in [0.1, 0.15) is 36.7 Å². The third-order valence-corrected chi connectivity index (χ3v) is 4.42. The Bertz CT molecular complexity index is 425. The molecule has 114 valence electrons. The lowest BCUT2D eigenvalue weighted by Crippen LogP contribution is -2.36. The van der Waals surface area contributed by atoms with Crippen molar-refractivity contribution in [3.8, 4) is 0 Å². The molecule has 1 aliphatic heterocycles. The summed E-state index contributed by atoms with van der Waals surface area (Å²) >= 11 is 0. The van der Waals surface area contributed by atoms with Crippen LogP contribution in [0.4, 0.5) is 0 Å². The molecule has 1 unspecified atom stereocenters. The number of hydrogen-bond donors (Lipinski definition) is 2. The molecule has 1 saturated heterocycles. The molecule has 1 atom stereocenters. The van der Waals surface area contributed by atoms with Gasteiger partial charge in [0.1, 0.15) is 0 Å². The lowest BCUT2D eigenvalue weighted by atomic mass is 9.93. The van der Waals surface area contributed by atoms with Gasteiger partial charge in [0.2, 0.25) is 0 Å². The van der Waals surface area contributed by atoms with E-state index in [1.54, 1.807) is 0 Å². The Morgan fingerprint density at radius 2 is 2.10 bits per heavy atom. The number of rotatable bonds is 6. The topological polar surface area (TPSA) is 59.3 Å². The second kappa shape index (κ2) is 7.20. The Morgan fingerprint density at radius 3 is 2.75 bits per heavy atom. The molecule has 20 heavy (non-hydrogen) atoms. The van der Waals surface area contributed by atoms with Gasteiger partial charge in [0.25, 0.3) is 0 Å². The summed E-state index contributed by atoms with van der Waals surface area (Å²) in [5, 5.41) is 17.2. The van der Waals surface area contributed by atoms with E-state index in [9.17, 15) is 0 Å². The molecule has 0 saturated carbocycles. The highest BCUT2D eigenvalue weighted by Gasteiger charge is 2.21. The first kappa shape index (κ1) is 15.5. The molecule has 0 radical (unpaired) electrons. The molecule has 1 aromatic rings. The van der Waals surface area contributed by atoms with Crippen LogP contribution in [0, 0.1) is 19.8 Å². The number of aliphatic hydroxyl groups is 1. The minimum Gasteiger partial charge on any atom is -0.394 e. The maximum absolute atomic E-state index is 9.04. The summed E-state index contributed by atoms with van der Waals surface area (Å²) in [5.41, 5.74) is 3.48. The number of aromatic nitrogens is 2. The highest BCUT2D eigenvalue weighted by molar-refractivity contribution is 5.24. The van der Waals surface area contributed by atoms with E-state index in [2.05, 4.69) is 24.3 Å². The van der Waals surface area contributed by atoms with E-state index in [1.165, 1.54) is 5.56 Å². The van der Waals surface area contributed by atoms with Gasteiger partial charge in [-0.1, -0.05) is 0 Å². The van der Waals surface area contributed by atoms with Gasteiger partial charge in [0.15, 0.2) is 0 Å². The van der Waals surface area contributed by atoms with Crippen LogP contribution in [0.2, 0.25) is 0 Å². The third kappa shape index (κ3) is 3.59. The Hall–Kier alpha value is -0.910. The van der Waals surface area contributed by atoms with Crippen molar-refractivity contribution in [2.75, 3.05) is 19.8 Å². The van der Waals surface area contributed by atoms with E-state index < -0.39 is 0 Å². The summed E-state index contributed by atoms with van der Waals surface area (Å²) in [5.74, 6) is 0.705. The van der Waals surface area contributed by atoms with E-state index in [4.69, 9.17) is 9.84 Å². The molecule has 0 spiro atoms. The van der Waals surface area contributed by atoms with Gasteiger partial charge in [0, 0.05) is 37.1 Å². The quantitative estimate of drug-likeness (QED) is 0.827. The van der Waals surface area contributed by atoms with Crippen molar-refractivity contribution in [2.45, 2.75) is 52.7 Å². The molecular formula is C15H27N3O2. The van der Waals surface area contributed by atoms with Crippen LogP contribution in [-0.2, 0) is 17.8 Å². The average molecular weight is 281 g/mol. The fraction of sp³-hybridized carbons (Fsp3) is 0.800. The molecular weight excluding hydrogens is 254 g/mol. The molecule has 2 rings (SSSR count). The van der Waals surface area contributed by atoms with E-state index >= 15 is 0 Å². The van der Waals surface area contributed by atoms with E-state index in [0.717, 1.165) is 44.0 Å². The second-order valence-electron chi connectivity index (χ2n) is 5.72. The van der Waals surface area contributed by atoms with Crippen molar-refractivity contribution >= 4 is 0 Å². The van der Waals surface area contributed by atoms with Gasteiger partial charge < -0.3 is 15.2 Å². The average Bonchev–Trinajstić information content (AvgIpc) is 2.72. The summed E-state index contributed by atoms with van der Waals surface area (Å²) in [6.45, 7) is 9.71. The van der Waals surface area contributed by atoms with Crippen LogP contribution >= 0.6 is 0 Å². The lowest BCUT2D eigenvalue weighted by Gasteiger charge is -2.28. The smallest absolute Gasteiger partial charge is 0.0644 e. The number of aryl methyl sites for hydroxylation is 1. The summed E-state index contributed by atoms with van der Waals surface area (Å²) in [4.78, 5) is 0. The molecule has 5 nitrogen and oxygen atoms in total. The normalized spacial score (nSPS) is 18.4. The van der Waals surface area contributed by atoms with Crippen molar-refractivity contribution in [1.29, 1.82) is 0 Å². The van der Waals surface area contributed by atoms with Crippen molar-refractivity contribution in [3.63, 3.8) is 0 Å². The first-order chi connectivity index (χ1) is 9.63. The van der Waals surface area contributed by atoms with Gasteiger partial charge in [-0.05, 0) is 39.5 Å². The molecule has 1 aromatic heterocycles. The van der Waals surface area contributed by atoms with Crippen LogP contribution in [0.3, 0.4) is 0 Å². The third-order valence-electron chi connectivity index (χ3n) is 4.42. The predicted molar refractivity (Wildman–Crippen MR) is 78.6 cm³/mol. The molecule has 0 bridgehead atoms. The minimum absolute atomic E-state index is 0.132. The van der Waals surface area contributed by atoms with Crippen LogP contribution in [0.15, 0.2) is 0 Å². The molecule has 0 aliphatic carbocycles. The summed E-state index contributed by atoms with van der Waals surface area (Å²) < 4.78 is 7.31. The SMILES string of the molecule is Cc1nn(CCO)c(C)c1CNC(C)C1CCOCC1. The van der Waals surface area contributed by atoms with Crippen molar-refractivity contribution in [1.82, 2.24) is 15.1 Å². The highest BCUT2D eigenvalue weighted by Crippen LogP contribution is 2.20. The van der Waals surface area contributed by atoms with Gasteiger partial charge in [-0.3, -0.25) is 4.68 Å². The molecule has 1 aliphatic rings. The van der Waals surface area contributed by atoms with Crippen LogP contribution in [0.25, 0.3) is 0 Å². The first-order valence-corrected chi connectivity index (χ1v) is 7.58. The van der Waals surface area contributed by atoms with E-state index in [-0.39, 0.29) is 6.61 Å². The van der Waals surface area contributed by atoms with E-state index in [1.807, 2.05) is 11.6 Å². The molecule has 0 amide bonds. The van der Waals surface area contributed by atoms with Crippen LogP contribution < -0.4 is 5.32 Å². The Morgan fingerprint density at radius 1 is 1.40 bits per heavy atom. The fourth-order valence-electron chi connectivity index (χ4n) is 2.95. The Balaban J connectivity index is 1.92. The maximum atomic E-state index is 9.04. The van der Waals surface area contributed by atoms with Crippen molar-refractivity contribution in [3.05, 3.63) is 17.0 Å². The van der Waals surface area contributed by atoms with Gasteiger partial charge in [-0.15, -0.1) is 0 Å². The van der Waals surface area contributed by atoms with Gasteiger partial charge in [-0.25, -0.2) is 0 Å². The summed E-state index contributed by atoms with van der Waals surface area (Å²) in [7, 11) is 0. The minimum atomic E-state index is 0.132. The van der Waals surface area contributed by atoms with Crippen LogP contribution in [-0.4, -0.2) is 40.7 Å². The van der Waals surface area contributed by atoms with E-state index in [0.29, 0.717) is 18.5 Å². The summed E-state index contributed by atoms with van der Waals surface area (Å²) in [6.07, 6.45) is 2.30. The molecule has 1 fully saturated rings. The summed E-state index contributed by atoms with van der Waals surface area (Å²) in [6, 6.07) is 0.499. The predicted octanol–water partition coefficient (Wildman–Crippen LogP) is 1.40. The zero-order valence-corrected chi connectivity index (χ0v) is 12.9. The molecule has 2 heterocycles. The van der Waals surface area contributed by atoms with Crippen molar-refractivity contribution in [2.24, 2.45) is 5.92 Å². The maximum Gasteiger partial charge on any atom is 0.0644 e.